The van der Waals surface area contributed by atoms with Crippen LogP contribution in [0.3, 0.4) is 0 Å². The Morgan fingerprint density at radius 2 is 1.88 bits per heavy atom. The van der Waals surface area contributed by atoms with Crippen molar-refractivity contribution in [2.24, 2.45) is 5.10 Å². The summed E-state index contributed by atoms with van der Waals surface area (Å²) in [7, 11) is 0. The lowest BCUT2D eigenvalue weighted by Crippen LogP contribution is -1.97. The van der Waals surface area contributed by atoms with Gasteiger partial charge in [0.05, 0.1) is 10.7 Å². The molecule has 1 heterocycles. The number of aromatic nitrogens is 1. The van der Waals surface area contributed by atoms with Crippen molar-refractivity contribution in [3.05, 3.63) is 88.5 Å². The van der Waals surface area contributed by atoms with E-state index in [1.165, 1.54) is 0 Å². The first-order chi connectivity index (χ1) is 11.8. The Kier molecular flexibility index (Phi) is 5.58. The molecule has 0 fully saturated rings. The molecule has 0 radical (unpaired) electrons. The smallest absolute Gasteiger partial charge is 0.146 e. The fourth-order valence-corrected chi connectivity index (χ4v) is 2.56. The lowest BCUT2D eigenvalue weighted by Gasteiger charge is -2.08. The molecule has 0 aliphatic carbocycles. The molecule has 0 unspecified atom stereocenters. The molecule has 0 saturated heterocycles. The number of anilines is 1. The SMILES string of the molecule is Brc1cc(/C=N\Nc2ccccn2)ccc1OCc1ccccc1. The Morgan fingerprint density at radius 3 is 2.62 bits per heavy atom. The molecule has 24 heavy (non-hydrogen) atoms. The van der Waals surface area contributed by atoms with Crippen molar-refractivity contribution in [2.75, 3.05) is 5.43 Å². The molecule has 0 spiro atoms. The Bertz CT molecular complexity index is 807. The van der Waals surface area contributed by atoms with Gasteiger partial charge in [-0.1, -0.05) is 36.4 Å². The highest BCUT2D eigenvalue weighted by Gasteiger charge is 2.02. The second-order valence-electron chi connectivity index (χ2n) is 5.05. The van der Waals surface area contributed by atoms with E-state index >= 15 is 0 Å². The number of nitrogens with one attached hydrogen (secondary N) is 1. The van der Waals surface area contributed by atoms with Crippen molar-refractivity contribution < 1.29 is 4.74 Å². The van der Waals surface area contributed by atoms with E-state index in [1.807, 2.05) is 66.7 Å². The van der Waals surface area contributed by atoms with Crippen molar-refractivity contribution in [1.82, 2.24) is 4.98 Å². The van der Waals surface area contributed by atoms with Crippen LogP contribution < -0.4 is 10.2 Å². The van der Waals surface area contributed by atoms with E-state index in [-0.39, 0.29) is 0 Å². The largest absolute Gasteiger partial charge is 0.488 e. The van der Waals surface area contributed by atoms with Crippen molar-refractivity contribution >= 4 is 28.0 Å². The highest BCUT2D eigenvalue weighted by atomic mass is 79.9. The number of hydrogen-bond donors (Lipinski definition) is 1. The molecule has 120 valence electrons. The quantitative estimate of drug-likeness (QED) is 0.489. The third kappa shape index (κ3) is 4.67. The Labute approximate surface area is 149 Å². The molecule has 1 aromatic heterocycles. The van der Waals surface area contributed by atoms with Gasteiger partial charge in [-0.25, -0.2) is 4.98 Å². The molecule has 4 nitrogen and oxygen atoms in total. The van der Waals surface area contributed by atoms with E-state index in [4.69, 9.17) is 4.74 Å². The van der Waals surface area contributed by atoms with E-state index in [2.05, 4.69) is 31.4 Å². The van der Waals surface area contributed by atoms with Crippen LogP contribution in [0.1, 0.15) is 11.1 Å². The summed E-state index contributed by atoms with van der Waals surface area (Å²) in [5, 5.41) is 4.18. The van der Waals surface area contributed by atoms with Gasteiger partial charge in [0.25, 0.3) is 0 Å². The Balaban J connectivity index is 1.60. The molecule has 2 aromatic carbocycles. The number of nitrogens with zero attached hydrogens (tertiary/aromatic N) is 2. The average Bonchev–Trinajstić information content (AvgIpc) is 2.63. The minimum atomic E-state index is 0.536. The normalized spacial score (nSPS) is 10.7. The predicted octanol–water partition coefficient (Wildman–Crippen LogP) is 4.87. The maximum absolute atomic E-state index is 5.83. The zero-order chi connectivity index (χ0) is 16.6. The zero-order valence-electron chi connectivity index (χ0n) is 12.9. The summed E-state index contributed by atoms with van der Waals surface area (Å²) in [6, 6.07) is 21.5. The van der Waals surface area contributed by atoms with E-state index in [0.717, 1.165) is 21.3 Å². The first-order valence-corrected chi connectivity index (χ1v) is 8.27. The third-order valence-corrected chi connectivity index (χ3v) is 3.87. The van der Waals surface area contributed by atoms with Crippen LogP contribution in [-0.4, -0.2) is 11.2 Å². The Morgan fingerprint density at radius 1 is 1.04 bits per heavy atom. The monoisotopic (exact) mass is 381 g/mol. The third-order valence-electron chi connectivity index (χ3n) is 3.25. The molecule has 3 rings (SSSR count). The van der Waals surface area contributed by atoms with Crippen LogP contribution in [0, 0.1) is 0 Å². The predicted molar refractivity (Wildman–Crippen MR) is 100 cm³/mol. The van der Waals surface area contributed by atoms with Crippen molar-refractivity contribution in [1.29, 1.82) is 0 Å². The minimum absolute atomic E-state index is 0.536. The number of hydrazone groups is 1. The van der Waals surface area contributed by atoms with Crippen LogP contribution in [0.4, 0.5) is 5.82 Å². The molecule has 0 saturated carbocycles. The van der Waals surface area contributed by atoms with Gasteiger partial charge in [-0.05, 0) is 57.4 Å². The molecule has 3 aromatic rings. The topological polar surface area (TPSA) is 46.5 Å². The summed E-state index contributed by atoms with van der Waals surface area (Å²) >= 11 is 3.54. The summed E-state index contributed by atoms with van der Waals surface area (Å²) in [5.41, 5.74) is 4.98. The minimum Gasteiger partial charge on any atom is -0.488 e. The molecule has 5 heteroatoms. The fourth-order valence-electron chi connectivity index (χ4n) is 2.05. The van der Waals surface area contributed by atoms with E-state index < -0.39 is 0 Å². The van der Waals surface area contributed by atoms with E-state index in [9.17, 15) is 0 Å². The second-order valence-corrected chi connectivity index (χ2v) is 5.90. The molecule has 0 atom stereocenters. The average molecular weight is 382 g/mol. The van der Waals surface area contributed by atoms with Gasteiger partial charge in [-0.3, -0.25) is 5.43 Å². The van der Waals surface area contributed by atoms with Crippen LogP contribution in [0.2, 0.25) is 0 Å². The van der Waals surface area contributed by atoms with Gasteiger partial charge >= 0.3 is 0 Å². The van der Waals surface area contributed by atoms with Gasteiger partial charge in [0.15, 0.2) is 0 Å². The van der Waals surface area contributed by atoms with Gasteiger partial charge in [0.2, 0.25) is 0 Å². The lowest BCUT2D eigenvalue weighted by atomic mass is 10.2. The van der Waals surface area contributed by atoms with Gasteiger partial charge in [-0.2, -0.15) is 5.10 Å². The van der Waals surface area contributed by atoms with Crippen LogP contribution in [0.5, 0.6) is 5.75 Å². The molecular formula is C19H16BrN3O. The van der Waals surface area contributed by atoms with Crippen LogP contribution in [-0.2, 0) is 6.61 Å². The number of rotatable bonds is 6. The van der Waals surface area contributed by atoms with Crippen LogP contribution in [0.25, 0.3) is 0 Å². The first kappa shape index (κ1) is 16.2. The molecule has 1 N–H and O–H groups in total. The van der Waals surface area contributed by atoms with E-state index in [0.29, 0.717) is 12.4 Å². The van der Waals surface area contributed by atoms with Gasteiger partial charge in [0.1, 0.15) is 18.2 Å². The van der Waals surface area contributed by atoms with Crippen molar-refractivity contribution in [3.63, 3.8) is 0 Å². The fraction of sp³-hybridized carbons (Fsp3) is 0.0526. The summed E-state index contributed by atoms with van der Waals surface area (Å²) in [6.07, 6.45) is 3.45. The van der Waals surface area contributed by atoms with E-state index in [1.54, 1.807) is 12.4 Å². The van der Waals surface area contributed by atoms with Gasteiger partial charge < -0.3 is 4.74 Å². The summed E-state index contributed by atoms with van der Waals surface area (Å²) in [5.74, 6) is 1.50. The molecule has 0 aliphatic rings. The number of pyridine rings is 1. The molecule has 0 bridgehead atoms. The summed E-state index contributed by atoms with van der Waals surface area (Å²) in [6.45, 7) is 0.536. The van der Waals surface area contributed by atoms with Crippen molar-refractivity contribution in [3.8, 4) is 5.75 Å². The first-order valence-electron chi connectivity index (χ1n) is 7.48. The molecule has 0 aliphatic heterocycles. The molecule has 0 amide bonds. The maximum Gasteiger partial charge on any atom is 0.146 e. The Hall–Kier alpha value is -2.66. The van der Waals surface area contributed by atoms with Crippen LogP contribution >= 0.6 is 15.9 Å². The lowest BCUT2D eigenvalue weighted by molar-refractivity contribution is 0.304. The van der Waals surface area contributed by atoms with Crippen LogP contribution in [0.15, 0.2) is 82.5 Å². The number of halogens is 1. The zero-order valence-corrected chi connectivity index (χ0v) is 14.5. The second kappa shape index (κ2) is 8.26. The van der Waals surface area contributed by atoms with Gasteiger partial charge in [0, 0.05) is 6.20 Å². The summed E-state index contributed by atoms with van der Waals surface area (Å²) in [4.78, 5) is 4.14. The molecular weight excluding hydrogens is 366 g/mol. The number of hydrogen-bond acceptors (Lipinski definition) is 4. The number of benzene rings is 2. The van der Waals surface area contributed by atoms with Crippen molar-refractivity contribution in [2.45, 2.75) is 6.61 Å². The highest BCUT2D eigenvalue weighted by molar-refractivity contribution is 9.10. The maximum atomic E-state index is 5.83. The summed E-state index contributed by atoms with van der Waals surface area (Å²) < 4.78 is 6.72. The number of ether oxygens (including phenoxy) is 1. The highest BCUT2D eigenvalue weighted by Crippen LogP contribution is 2.26. The van der Waals surface area contributed by atoms with Gasteiger partial charge in [-0.15, -0.1) is 0 Å². The standard InChI is InChI=1S/C19H16BrN3O/c20-17-12-16(13-22-23-19-8-4-5-11-21-19)9-10-18(17)24-14-15-6-2-1-3-7-15/h1-13H,14H2,(H,21,23)/b22-13-.